The maximum absolute atomic E-state index is 11.4. The Labute approximate surface area is 78.5 Å². The average molecular weight is 184 g/mol. The van der Waals surface area contributed by atoms with Crippen molar-refractivity contribution < 1.29 is 14.3 Å². The van der Waals surface area contributed by atoms with Crippen LogP contribution >= 0.6 is 0 Å². The lowest BCUT2D eigenvalue weighted by Gasteiger charge is -2.23. The van der Waals surface area contributed by atoms with Gasteiger partial charge in [-0.2, -0.15) is 0 Å². The number of ether oxygens (including phenoxy) is 1. The fourth-order valence-corrected chi connectivity index (χ4v) is 1.69. The molecule has 0 radical (unpaired) electrons. The van der Waals surface area contributed by atoms with E-state index < -0.39 is 5.92 Å². The van der Waals surface area contributed by atoms with Gasteiger partial charge < -0.3 is 4.74 Å². The summed E-state index contributed by atoms with van der Waals surface area (Å²) < 4.78 is 4.84. The van der Waals surface area contributed by atoms with Gasteiger partial charge in [-0.25, -0.2) is 0 Å². The quantitative estimate of drug-likeness (QED) is 0.483. The van der Waals surface area contributed by atoms with Crippen molar-refractivity contribution in [3.63, 3.8) is 0 Å². The Balaban J connectivity index is 2.55. The molecule has 1 fully saturated rings. The summed E-state index contributed by atoms with van der Waals surface area (Å²) in [4.78, 5) is 22.7. The summed E-state index contributed by atoms with van der Waals surface area (Å²) in [5.74, 6) is -0.300. The Kier molecular flexibility index (Phi) is 3.46. The van der Waals surface area contributed by atoms with E-state index in [1.807, 2.05) is 0 Å². The number of rotatable bonds is 2. The molecule has 0 aromatic carbocycles. The predicted octanol–water partition coefficient (Wildman–Crippen LogP) is 1.55. The second-order valence-electron chi connectivity index (χ2n) is 3.65. The third-order valence-electron chi connectivity index (χ3n) is 2.48. The van der Waals surface area contributed by atoms with Crippen LogP contribution in [0.3, 0.4) is 0 Å². The lowest BCUT2D eigenvalue weighted by Crippen LogP contribution is -2.31. The summed E-state index contributed by atoms with van der Waals surface area (Å²) in [6.45, 7) is 4.18. The number of hydrogen-bond acceptors (Lipinski definition) is 3. The van der Waals surface area contributed by atoms with E-state index in [0.29, 0.717) is 25.4 Å². The molecule has 1 aliphatic rings. The number of ketones is 1. The van der Waals surface area contributed by atoms with Gasteiger partial charge >= 0.3 is 5.97 Å². The topological polar surface area (TPSA) is 43.4 Å². The maximum Gasteiger partial charge on any atom is 0.316 e. The van der Waals surface area contributed by atoms with Gasteiger partial charge in [0.15, 0.2) is 0 Å². The van der Waals surface area contributed by atoms with Gasteiger partial charge in [-0.1, -0.05) is 6.92 Å². The van der Waals surface area contributed by atoms with Gasteiger partial charge in [-0.05, 0) is 25.7 Å². The molecule has 0 heterocycles. The first-order chi connectivity index (χ1) is 6.15. The fraction of sp³-hybridized carbons (Fsp3) is 0.800. The predicted molar refractivity (Wildman–Crippen MR) is 48.1 cm³/mol. The fourth-order valence-electron chi connectivity index (χ4n) is 1.69. The van der Waals surface area contributed by atoms with Crippen molar-refractivity contribution in [2.45, 2.75) is 33.1 Å². The molecule has 1 saturated carbocycles. The van der Waals surface area contributed by atoms with Gasteiger partial charge in [-0.15, -0.1) is 0 Å². The second-order valence-corrected chi connectivity index (χ2v) is 3.65. The molecule has 74 valence electrons. The van der Waals surface area contributed by atoms with E-state index in [2.05, 4.69) is 6.92 Å². The van der Waals surface area contributed by atoms with Crippen LogP contribution in [0.1, 0.15) is 33.1 Å². The normalized spacial score (nSPS) is 28.6. The highest BCUT2D eigenvalue weighted by atomic mass is 16.5. The SMILES string of the molecule is CCOC(=O)[C@H]1C[C@H](C)CCC1=O. The van der Waals surface area contributed by atoms with Gasteiger partial charge in [0.1, 0.15) is 11.7 Å². The van der Waals surface area contributed by atoms with Gasteiger partial charge in [0.05, 0.1) is 6.61 Å². The summed E-state index contributed by atoms with van der Waals surface area (Å²) in [5.41, 5.74) is 0. The molecule has 0 aliphatic heterocycles. The first-order valence-corrected chi connectivity index (χ1v) is 4.84. The van der Waals surface area contributed by atoms with Crippen LogP contribution in [0.5, 0.6) is 0 Å². The third-order valence-corrected chi connectivity index (χ3v) is 2.48. The molecule has 0 bridgehead atoms. The molecular weight excluding hydrogens is 168 g/mol. The number of esters is 1. The lowest BCUT2D eigenvalue weighted by molar-refractivity contribution is -0.153. The molecule has 0 saturated heterocycles. The summed E-state index contributed by atoms with van der Waals surface area (Å²) >= 11 is 0. The van der Waals surface area contributed by atoms with Crippen LogP contribution in [0, 0.1) is 11.8 Å². The molecule has 0 spiro atoms. The summed E-state index contributed by atoms with van der Waals surface area (Å²) in [6, 6.07) is 0. The molecule has 1 aliphatic carbocycles. The molecule has 0 N–H and O–H groups in total. The zero-order valence-corrected chi connectivity index (χ0v) is 8.21. The first kappa shape index (κ1) is 10.2. The van der Waals surface area contributed by atoms with Crippen LogP contribution < -0.4 is 0 Å². The average Bonchev–Trinajstić information content (AvgIpc) is 2.09. The Bertz CT molecular complexity index is 210. The van der Waals surface area contributed by atoms with E-state index in [0.717, 1.165) is 6.42 Å². The van der Waals surface area contributed by atoms with Crippen LogP contribution in [-0.4, -0.2) is 18.4 Å². The monoisotopic (exact) mass is 184 g/mol. The van der Waals surface area contributed by atoms with Gasteiger partial charge in [0.25, 0.3) is 0 Å². The smallest absolute Gasteiger partial charge is 0.316 e. The Morgan fingerprint density at radius 2 is 2.31 bits per heavy atom. The van der Waals surface area contributed by atoms with E-state index in [9.17, 15) is 9.59 Å². The molecule has 0 amide bonds. The summed E-state index contributed by atoms with van der Waals surface area (Å²) in [5, 5.41) is 0. The van der Waals surface area contributed by atoms with Crippen LogP contribution in [-0.2, 0) is 14.3 Å². The highest BCUT2D eigenvalue weighted by Gasteiger charge is 2.32. The van der Waals surface area contributed by atoms with Crippen molar-refractivity contribution in [3.05, 3.63) is 0 Å². The van der Waals surface area contributed by atoms with Crippen molar-refractivity contribution in [2.24, 2.45) is 11.8 Å². The Hall–Kier alpha value is -0.860. The van der Waals surface area contributed by atoms with Gasteiger partial charge in [0, 0.05) is 6.42 Å². The summed E-state index contributed by atoms with van der Waals surface area (Å²) in [7, 11) is 0. The zero-order chi connectivity index (χ0) is 9.84. The highest BCUT2D eigenvalue weighted by Crippen LogP contribution is 2.26. The minimum atomic E-state index is -0.483. The minimum Gasteiger partial charge on any atom is -0.465 e. The third kappa shape index (κ3) is 2.54. The van der Waals surface area contributed by atoms with E-state index in [1.54, 1.807) is 6.92 Å². The standard InChI is InChI=1S/C10H16O3/c1-3-13-10(12)8-6-7(2)4-5-9(8)11/h7-8H,3-6H2,1-2H3/t7-,8+/m1/s1. The number of carbonyl (C=O) groups is 2. The maximum atomic E-state index is 11.4. The van der Waals surface area contributed by atoms with Crippen molar-refractivity contribution in [1.82, 2.24) is 0 Å². The second kappa shape index (κ2) is 4.40. The Morgan fingerprint density at radius 1 is 1.62 bits per heavy atom. The van der Waals surface area contributed by atoms with E-state index in [1.165, 1.54) is 0 Å². The number of carbonyl (C=O) groups excluding carboxylic acids is 2. The molecule has 13 heavy (non-hydrogen) atoms. The molecule has 0 aromatic heterocycles. The van der Waals surface area contributed by atoms with Gasteiger partial charge in [-0.3, -0.25) is 9.59 Å². The van der Waals surface area contributed by atoms with E-state index in [-0.39, 0.29) is 11.8 Å². The minimum absolute atomic E-state index is 0.0524. The molecule has 3 nitrogen and oxygen atoms in total. The van der Waals surface area contributed by atoms with Crippen molar-refractivity contribution in [2.75, 3.05) is 6.61 Å². The number of hydrogen-bond donors (Lipinski definition) is 0. The largest absolute Gasteiger partial charge is 0.465 e. The van der Waals surface area contributed by atoms with Crippen LogP contribution in [0.4, 0.5) is 0 Å². The van der Waals surface area contributed by atoms with Crippen LogP contribution in [0.2, 0.25) is 0 Å². The number of Topliss-reactive ketones (excluding diaryl/α,β-unsaturated/α-hetero) is 1. The van der Waals surface area contributed by atoms with Gasteiger partial charge in [0.2, 0.25) is 0 Å². The lowest BCUT2D eigenvalue weighted by atomic mass is 9.81. The summed E-state index contributed by atoms with van der Waals surface area (Å²) in [6.07, 6.45) is 2.11. The van der Waals surface area contributed by atoms with E-state index >= 15 is 0 Å². The first-order valence-electron chi connectivity index (χ1n) is 4.84. The highest BCUT2D eigenvalue weighted by molar-refractivity contribution is 5.99. The molecule has 3 heteroatoms. The molecule has 0 unspecified atom stereocenters. The molecule has 0 aromatic rings. The Morgan fingerprint density at radius 3 is 2.92 bits per heavy atom. The van der Waals surface area contributed by atoms with Crippen LogP contribution in [0.25, 0.3) is 0 Å². The van der Waals surface area contributed by atoms with Crippen molar-refractivity contribution >= 4 is 11.8 Å². The van der Waals surface area contributed by atoms with Crippen molar-refractivity contribution in [3.8, 4) is 0 Å². The van der Waals surface area contributed by atoms with Crippen molar-refractivity contribution in [1.29, 1.82) is 0 Å². The van der Waals surface area contributed by atoms with E-state index in [4.69, 9.17) is 4.74 Å². The zero-order valence-electron chi connectivity index (χ0n) is 8.21. The van der Waals surface area contributed by atoms with Crippen LogP contribution in [0.15, 0.2) is 0 Å². The molecular formula is C10H16O3. The molecule has 1 rings (SSSR count). The molecule has 2 atom stereocenters.